The topological polar surface area (TPSA) is 38.8 Å². The number of benzene rings is 1. The minimum absolute atomic E-state index is 0.0374. The fourth-order valence-electron chi connectivity index (χ4n) is 2.71. The van der Waals surface area contributed by atoms with Crippen LogP contribution in [0, 0.1) is 5.92 Å². The van der Waals surface area contributed by atoms with E-state index in [-0.39, 0.29) is 17.7 Å². The summed E-state index contributed by atoms with van der Waals surface area (Å²) in [4.78, 5) is 14.1. The van der Waals surface area contributed by atoms with Gasteiger partial charge in [0.05, 0.1) is 14.2 Å². The number of amides is 1. The van der Waals surface area contributed by atoms with E-state index in [0.717, 1.165) is 29.1 Å². The van der Waals surface area contributed by atoms with E-state index < -0.39 is 0 Å². The van der Waals surface area contributed by atoms with Gasteiger partial charge in [0.25, 0.3) is 0 Å². The van der Waals surface area contributed by atoms with Crippen LogP contribution in [0.15, 0.2) is 30.4 Å². The Morgan fingerprint density at radius 2 is 2.10 bits per heavy atom. The molecule has 0 spiro atoms. The average Bonchev–Trinajstić information content (AvgIpc) is 3.25. The summed E-state index contributed by atoms with van der Waals surface area (Å²) in [7, 11) is 5.12. The number of ether oxygens (including phenoxy) is 2. The van der Waals surface area contributed by atoms with Crippen LogP contribution in [0.3, 0.4) is 0 Å². The number of likely N-dealkylation sites (N-methyl/N-ethyl adjacent to an activating group) is 1. The molecule has 114 valence electrons. The summed E-state index contributed by atoms with van der Waals surface area (Å²) in [5.74, 6) is 2.04. The van der Waals surface area contributed by atoms with E-state index in [1.54, 1.807) is 19.1 Å². The van der Waals surface area contributed by atoms with Gasteiger partial charge in [0.1, 0.15) is 11.5 Å². The van der Waals surface area contributed by atoms with Crippen LogP contribution in [0.2, 0.25) is 0 Å². The van der Waals surface area contributed by atoms with Gasteiger partial charge in [-0.3, -0.25) is 4.79 Å². The monoisotopic (exact) mass is 289 g/mol. The summed E-state index contributed by atoms with van der Waals surface area (Å²) >= 11 is 0. The summed E-state index contributed by atoms with van der Waals surface area (Å²) in [6, 6.07) is 5.73. The van der Waals surface area contributed by atoms with Crippen LogP contribution in [-0.2, 0) is 4.79 Å². The zero-order chi connectivity index (χ0) is 15.6. The Labute approximate surface area is 126 Å². The lowest BCUT2D eigenvalue weighted by Gasteiger charge is -2.17. The Morgan fingerprint density at radius 1 is 1.38 bits per heavy atom. The highest BCUT2D eigenvalue weighted by molar-refractivity contribution is 5.83. The molecule has 2 atom stereocenters. The molecule has 4 nitrogen and oxygen atoms in total. The fraction of sp³-hybridized carbons (Fsp3) is 0.471. The van der Waals surface area contributed by atoms with Gasteiger partial charge in [-0.05, 0) is 31.5 Å². The van der Waals surface area contributed by atoms with Gasteiger partial charge < -0.3 is 14.4 Å². The second-order valence-electron chi connectivity index (χ2n) is 5.71. The van der Waals surface area contributed by atoms with E-state index in [1.165, 1.54) is 0 Å². The Bertz CT molecular complexity index is 553. The van der Waals surface area contributed by atoms with E-state index in [1.807, 2.05) is 32.2 Å². The number of methoxy groups -OCH3 is 2. The number of carbonyl (C=O) groups excluding carboxylic acids is 1. The highest BCUT2D eigenvalue weighted by Gasteiger charge is 2.46. The molecule has 21 heavy (non-hydrogen) atoms. The summed E-state index contributed by atoms with van der Waals surface area (Å²) in [6.07, 6.45) is 0.864. The third kappa shape index (κ3) is 3.38. The molecule has 0 aromatic heterocycles. The molecule has 0 saturated heterocycles. The Kier molecular flexibility index (Phi) is 4.56. The molecular weight excluding hydrogens is 266 g/mol. The van der Waals surface area contributed by atoms with Crippen molar-refractivity contribution in [1.29, 1.82) is 0 Å². The van der Waals surface area contributed by atoms with Gasteiger partial charge in [-0.25, -0.2) is 0 Å². The van der Waals surface area contributed by atoms with E-state index in [4.69, 9.17) is 9.47 Å². The minimum Gasteiger partial charge on any atom is -0.497 e. The van der Waals surface area contributed by atoms with E-state index in [9.17, 15) is 4.79 Å². The largest absolute Gasteiger partial charge is 0.497 e. The van der Waals surface area contributed by atoms with E-state index in [2.05, 4.69) is 6.58 Å². The fourth-order valence-corrected chi connectivity index (χ4v) is 2.71. The highest BCUT2D eigenvalue weighted by atomic mass is 16.5. The molecule has 4 heteroatoms. The number of nitrogens with zero attached hydrogens (tertiary/aromatic N) is 1. The van der Waals surface area contributed by atoms with E-state index >= 15 is 0 Å². The van der Waals surface area contributed by atoms with Crippen molar-refractivity contribution in [2.75, 3.05) is 27.8 Å². The summed E-state index contributed by atoms with van der Waals surface area (Å²) in [5.41, 5.74) is 2.04. The Hall–Kier alpha value is -1.97. The quantitative estimate of drug-likeness (QED) is 0.756. The molecule has 0 unspecified atom stereocenters. The molecule has 0 N–H and O–H groups in total. The molecule has 0 heterocycles. The van der Waals surface area contributed by atoms with Gasteiger partial charge in [-0.15, -0.1) is 0 Å². The van der Waals surface area contributed by atoms with Crippen LogP contribution >= 0.6 is 0 Å². The molecule has 1 fully saturated rings. The maximum atomic E-state index is 12.4. The maximum absolute atomic E-state index is 12.4. The first kappa shape index (κ1) is 15.4. The lowest BCUT2D eigenvalue weighted by molar-refractivity contribution is -0.130. The highest BCUT2D eigenvalue weighted by Crippen LogP contribution is 2.51. The van der Waals surface area contributed by atoms with Gasteiger partial charge in [-0.1, -0.05) is 12.2 Å². The van der Waals surface area contributed by atoms with Gasteiger partial charge >= 0.3 is 0 Å². The Balaban J connectivity index is 2.12. The maximum Gasteiger partial charge on any atom is 0.226 e. The van der Waals surface area contributed by atoms with Gasteiger partial charge in [0, 0.05) is 31.0 Å². The Morgan fingerprint density at radius 3 is 2.67 bits per heavy atom. The van der Waals surface area contributed by atoms with Crippen LogP contribution in [0.5, 0.6) is 11.5 Å². The summed E-state index contributed by atoms with van der Waals surface area (Å²) in [6.45, 7) is 6.39. The smallest absolute Gasteiger partial charge is 0.226 e. The van der Waals surface area contributed by atoms with Crippen molar-refractivity contribution < 1.29 is 14.3 Å². The van der Waals surface area contributed by atoms with Crippen molar-refractivity contribution in [3.05, 3.63) is 35.9 Å². The zero-order valence-electron chi connectivity index (χ0n) is 13.2. The first-order valence-electron chi connectivity index (χ1n) is 7.09. The average molecular weight is 289 g/mol. The third-order valence-corrected chi connectivity index (χ3v) is 3.83. The molecular formula is C17H23NO3. The normalized spacial score (nSPS) is 19.8. The van der Waals surface area contributed by atoms with Crippen LogP contribution in [0.4, 0.5) is 0 Å². The molecule has 1 aromatic carbocycles. The van der Waals surface area contributed by atoms with Crippen molar-refractivity contribution in [1.82, 2.24) is 4.90 Å². The van der Waals surface area contributed by atoms with Crippen molar-refractivity contribution >= 4 is 5.91 Å². The van der Waals surface area contributed by atoms with E-state index in [0.29, 0.717) is 6.54 Å². The number of rotatable bonds is 6. The molecule has 1 saturated carbocycles. The summed E-state index contributed by atoms with van der Waals surface area (Å²) in [5, 5.41) is 0. The second kappa shape index (κ2) is 6.20. The first-order chi connectivity index (χ1) is 9.97. The van der Waals surface area contributed by atoms with Crippen LogP contribution < -0.4 is 9.47 Å². The molecule has 1 aromatic rings. The number of hydrogen-bond donors (Lipinski definition) is 0. The minimum atomic E-state index is 0.0374. The molecule has 1 amide bonds. The molecule has 2 rings (SSSR count). The molecule has 0 bridgehead atoms. The van der Waals surface area contributed by atoms with Crippen molar-refractivity contribution in [3.63, 3.8) is 0 Å². The van der Waals surface area contributed by atoms with Gasteiger partial charge in [0.2, 0.25) is 5.91 Å². The predicted molar refractivity (Wildman–Crippen MR) is 82.8 cm³/mol. The van der Waals surface area contributed by atoms with Crippen molar-refractivity contribution in [2.45, 2.75) is 19.3 Å². The van der Waals surface area contributed by atoms with Gasteiger partial charge in [-0.2, -0.15) is 0 Å². The van der Waals surface area contributed by atoms with Crippen LogP contribution in [0.25, 0.3) is 0 Å². The van der Waals surface area contributed by atoms with Crippen LogP contribution in [0.1, 0.15) is 24.8 Å². The van der Waals surface area contributed by atoms with Crippen molar-refractivity contribution in [2.24, 2.45) is 5.92 Å². The second-order valence-corrected chi connectivity index (χ2v) is 5.71. The van der Waals surface area contributed by atoms with Crippen molar-refractivity contribution in [3.8, 4) is 11.5 Å². The predicted octanol–water partition coefficient (Wildman–Crippen LogP) is 2.84. The standard InChI is InChI=1S/C17H23NO3/c1-11(2)10-18(3)17(19)15-9-13(15)14-8-12(20-4)6-7-16(14)21-5/h6-8,13,15H,1,9-10H2,2-5H3/t13-,15+/m0/s1. The SMILES string of the molecule is C=C(C)CN(C)C(=O)[C@@H]1C[C@H]1c1cc(OC)ccc1OC. The third-order valence-electron chi connectivity index (χ3n) is 3.83. The van der Waals surface area contributed by atoms with Gasteiger partial charge in [0.15, 0.2) is 0 Å². The number of hydrogen-bond acceptors (Lipinski definition) is 3. The molecule has 0 aliphatic heterocycles. The number of carbonyl (C=O) groups is 1. The summed E-state index contributed by atoms with van der Waals surface area (Å²) < 4.78 is 10.7. The molecule has 1 aliphatic carbocycles. The lowest BCUT2D eigenvalue weighted by Crippen LogP contribution is -2.29. The molecule has 1 aliphatic rings. The molecule has 0 radical (unpaired) electrons. The first-order valence-corrected chi connectivity index (χ1v) is 7.09. The lowest BCUT2D eigenvalue weighted by atomic mass is 10.1. The zero-order valence-corrected chi connectivity index (χ0v) is 13.2. The van der Waals surface area contributed by atoms with Crippen LogP contribution in [-0.4, -0.2) is 38.6 Å².